The molecule has 0 aliphatic rings. The molecule has 2 nitrogen and oxygen atoms in total. The van der Waals surface area contributed by atoms with E-state index in [0.29, 0.717) is 11.1 Å². The minimum absolute atomic E-state index is 0. The Bertz CT molecular complexity index is 362. The normalized spacial score (nSPS) is 7.50. The molecule has 0 spiro atoms. The number of rotatable bonds is 0. The summed E-state index contributed by atoms with van der Waals surface area (Å²) < 4.78 is 0.992. The van der Waals surface area contributed by atoms with Gasteiger partial charge < -0.3 is 0 Å². The Balaban J connectivity index is 0.00000121. The Hall–Kier alpha value is -0.978. The summed E-state index contributed by atoms with van der Waals surface area (Å²) in [5, 5.41) is 17.2. The average molecular weight is 193 g/mol. The first-order chi connectivity index (χ1) is 5.29. The quantitative estimate of drug-likeness (QED) is 0.548. The molecule has 0 unspecified atom stereocenters. The molecular weight excluding hydrogens is 187 g/mol. The van der Waals surface area contributed by atoms with Crippen LogP contribution in [0.25, 0.3) is 0 Å². The van der Waals surface area contributed by atoms with E-state index in [1.54, 1.807) is 6.07 Å². The highest BCUT2D eigenvalue weighted by atomic mass is 35.5. The fourth-order valence-corrected chi connectivity index (χ4v) is 1.48. The van der Waals surface area contributed by atoms with Crippen molar-refractivity contribution in [3.8, 4) is 12.1 Å². The molecule has 0 radical (unpaired) electrons. The standard InChI is InChI=1S/C8H3N2.Al.ClH.2H/c9-5-7-3-1-2-4-8(7)6-10;;;;/h1-3H;;1H;;. The Morgan fingerprint density at radius 3 is 2.25 bits per heavy atom. The molecule has 1 rings (SSSR count). The molecule has 0 heterocycles. The van der Waals surface area contributed by atoms with Crippen LogP contribution in [-0.2, 0) is 0 Å². The van der Waals surface area contributed by atoms with Gasteiger partial charge in [0.1, 0.15) is 6.07 Å². The first-order valence-electron chi connectivity index (χ1n) is 3.19. The molecule has 0 saturated heterocycles. The second-order valence-corrected chi connectivity index (χ2v) is 3.30. The summed E-state index contributed by atoms with van der Waals surface area (Å²) in [5.41, 5.74) is 1.03. The number of hydrogen-bond donors (Lipinski definition) is 0. The summed E-state index contributed by atoms with van der Waals surface area (Å²) in [4.78, 5) is 0. The number of benzene rings is 1. The number of nitriles is 2. The third kappa shape index (κ3) is 2.00. The van der Waals surface area contributed by atoms with Crippen LogP contribution < -0.4 is 4.43 Å². The molecule has 1 aromatic rings. The third-order valence-electron chi connectivity index (χ3n) is 1.51. The molecule has 0 aromatic heterocycles. The van der Waals surface area contributed by atoms with Crippen molar-refractivity contribution in [3.63, 3.8) is 0 Å². The topological polar surface area (TPSA) is 47.6 Å². The predicted octanol–water partition coefficient (Wildman–Crippen LogP) is 0.110. The highest BCUT2D eigenvalue weighted by Gasteiger charge is 2.01. The first kappa shape index (κ1) is 11.0. The molecule has 0 aliphatic carbocycles. The Labute approximate surface area is 85.3 Å². The van der Waals surface area contributed by atoms with E-state index in [1.165, 1.54) is 0 Å². The van der Waals surface area contributed by atoms with Gasteiger partial charge >= 0.3 is 0 Å². The van der Waals surface area contributed by atoms with Gasteiger partial charge in [0.05, 0.1) is 17.2 Å². The SMILES string of the molecule is Cl.N#Cc1ccc[c]([AlH2])c1C#N. The maximum absolute atomic E-state index is 8.65. The van der Waals surface area contributed by atoms with Crippen LogP contribution in [0.3, 0.4) is 0 Å². The van der Waals surface area contributed by atoms with Crippen LogP contribution in [-0.4, -0.2) is 16.3 Å². The summed E-state index contributed by atoms with van der Waals surface area (Å²) in [6.45, 7) is 0. The lowest BCUT2D eigenvalue weighted by Crippen LogP contribution is -2.08. The minimum atomic E-state index is 0. The summed E-state index contributed by atoms with van der Waals surface area (Å²) in [6.07, 6.45) is 0. The second-order valence-electron chi connectivity index (χ2n) is 2.22. The minimum Gasteiger partial charge on any atom is -0.192 e. The molecule has 0 saturated carbocycles. The molecule has 0 bridgehead atoms. The van der Waals surface area contributed by atoms with Crippen molar-refractivity contribution in [2.75, 3.05) is 0 Å². The third-order valence-corrected chi connectivity index (χ3v) is 2.34. The van der Waals surface area contributed by atoms with E-state index < -0.39 is 0 Å². The van der Waals surface area contributed by atoms with Crippen molar-refractivity contribution in [3.05, 3.63) is 29.3 Å². The van der Waals surface area contributed by atoms with Gasteiger partial charge in [-0.2, -0.15) is 10.5 Å². The van der Waals surface area contributed by atoms with Crippen LogP contribution in [0, 0.1) is 22.7 Å². The lowest BCUT2D eigenvalue weighted by molar-refractivity contribution is 1.45. The van der Waals surface area contributed by atoms with Gasteiger partial charge in [-0.05, 0) is 6.07 Å². The van der Waals surface area contributed by atoms with Gasteiger partial charge in [0.25, 0.3) is 16.3 Å². The Morgan fingerprint density at radius 1 is 1.17 bits per heavy atom. The lowest BCUT2D eigenvalue weighted by Gasteiger charge is -1.96. The summed E-state index contributed by atoms with van der Waals surface area (Å²) in [7, 11) is 0. The second kappa shape index (κ2) is 4.81. The van der Waals surface area contributed by atoms with Gasteiger partial charge in [0, 0.05) is 0 Å². The van der Waals surface area contributed by atoms with E-state index in [1.807, 2.05) is 24.3 Å². The van der Waals surface area contributed by atoms with Crippen LogP contribution in [0.4, 0.5) is 0 Å². The highest BCUT2D eigenvalue weighted by Crippen LogP contribution is 2.01. The van der Waals surface area contributed by atoms with Gasteiger partial charge in [-0.1, -0.05) is 12.1 Å². The van der Waals surface area contributed by atoms with Gasteiger partial charge in [-0.3, -0.25) is 0 Å². The maximum atomic E-state index is 8.65. The number of hydrogen-bond acceptors (Lipinski definition) is 2. The molecule has 0 N–H and O–H groups in total. The van der Waals surface area contributed by atoms with E-state index in [2.05, 4.69) is 0 Å². The molecule has 58 valence electrons. The van der Waals surface area contributed by atoms with Crippen LogP contribution >= 0.6 is 12.4 Å². The van der Waals surface area contributed by atoms with Crippen LogP contribution in [0.2, 0.25) is 0 Å². The fourth-order valence-electron chi connectivity index (χ4n) is 0.909. The van der Waals surface area contributed by atoms with E-state index >= 15 is 0 Å². The van der Waals surface area contributed by atoms with E-state index in [4.69, 9.17) is 10.5 Å². The Morgan fingerprint density at radius 2 is 1.83 bits per heavy atom. The first-order valence-corrected chi connectivity index (χ1v) is 4.19. The van der Waals surface area contributed by atoms with E-state index in [0.717, 1.165) is 20.7 Å². The van der Waals surface area contributed by atoms with Crippen LogP contribution in [0.5, 0.6) is 0 Å². The Kier molecular flexibility index (Phi) is 4.42. The molecule has 0 fully saturated rings. The number of nitrogens with zero attached hydrogens (tertiary/aromatic N) is 2. The monoisotopic (exact) mass is 192 g/mol. The summed E-state index contributed by atoms with van der Waals surface area (Å²) in [6, 6.07) is 9.37. The maximum Gasteiger partial charge on any atom is 0.261 e. The molecule has 0 amide bonds. The molecule has 4 heteroatoms. The molecule has 0 atom stereocenters. The van der Waals surface area contributed by atoms with Gasteiger partial charge in [0.15, 0.2) is 0 Å². The van der Waals surface area contributed by atoms with Crippen molar-refractivity contribution in [2.24, 2.45) is 0 Å². The van der Waals surface area contributed by atoms with Gasteiger partial charge in [-0.15, -0.1) is 16.8 Å². The average Bonchev–Trinajstić information content (AvgIpc) is 2.04. The van der Waals surface area contributed by atoms with Gasteiger partial charge in [-0.25, -0.2) is 0 Å². The zero-order chi connectivity index (χ0) is 8.27. The zero-order valence-corrected chi connectivity index (χ0v) is 9.35. The summed E-state index contributed by atoms with van der Waals surface area (Å²) in [5.74, 6) is 0. The molecule has 0 aliphatic heterocycles. The van der Waals surface area contributed by atoms with Crippen molar-refractivity contribution in [1.29, 1.82) is 10.5 Å². The van der Waals surface area contributed by atoms with Gasteiger partial charge in [0.2, 0.25) is 0 Å². The molecular formula is C8H6AlClN2. The molecule has 1 aromatic carbocycles. The predicted molar refractivity (Wildman–Crippen MR) is 51.3 cm³/mol. The van der Waals surface area contributed by atoms with Crippen molar-refractivity contribution in [1.82, 2.24) is 0 Å². The largest absolute Gasteiger partial charge is 0.261 e. The molecule has 12 heavy (non-hydrogen) atoms. The van der Waals surface area contributed by atoms with Crippen LogP contribution in [0.15, 0.2) is 18.2 Å². The van der Waals surface area contributed by atoms with Crippen molar-refractivity contribution in [2.45, 2.75) is 0 Å². The number of halogens is 1. The lowest BCUT2D eigenvalue weighted by atomic mass is 10.1. The van der Waals surface area contributed by atoms with Crippen molar-refractivity contribution >= 4 is 33.1 Å². The van der Waals surface area contributed by atoms with Crippen molar-refractivity contribution < 1.29 is 0 Å². The van der Waals surface area contributed by atoms with Crippen LogP contribution in [0.1, 0.15) is 11.1 Å². The van der Waals surface area contributed by atoms with E-state index in [9.17, 15) is 0 Å². The zero-order valence-electron chi connectivity index (χ0n) is 6.53. The smallest absolute Gasteiger partial charge is 0.192 e. The highest BCUT2D eigenvalue weighted by molar-refractivity contribution is 6.34. The fraction of sp³-hybridized carbons (Fsp3) is 0. The summed E-state index contributed by atoms with van der Waals surface area (Å²) >= 11 is 0.815. The van der Waals surface area contributed by atoms with E-state index in [-0.39, 0.29) is 12.4 Å².